The highest BCUT2D eigenvalue weighted by Crippen LogP contribution is 2.23. The first kappa shape index (κ1) is 11.4. The van der Waals surface area contributed by atoms with Crippen molar-refractivity contribution in [3.63, 3.8) is 0 Å². The number of aromatic nitrogens is 1. The van der Waals surface area contributed by atoms with E-state index in [-0.39, 0.29) is 10.7 Å². The van der Waals surface area contributed by atoms with E-state index in [1.54, 1.807) is 6.07 Å². The maximum Gasteiger partial charge on any atom is 0.341 e. The number of esters is 1. The van der Waals surface area contributed by atoms with Gasteiger partial charge in [0.25, 0.3) is 0 Å². The van der Waals surface area contributed by atoms with Crippen LogP contribution in [0.3, 0.4) is 0 Å². The van der Waals surface area contributed by atoms with E-state index in [9.17, 15) is 4.79 Å². The molecule has 0 radical (unpaired) electrons. The molecule has 0 N–H and O–H groups in total. The number of halogens is 2. The van der Waals surface area contributed by atoms with E-state index >= 15 is 0 Å². The Balaban J connectivity index is 2.68. The third-order valence-electron chi connectivity index (χ3n) is 2.14. The van der Waals surface area contributed by atoms with E-state index in [4.69, 9.17) is 11.6 Å². The highest BCUT2D eigenvalue weighted by molar-refractivity contribution is 9.10. The summed E-state index contributed by atoms with van der Waals surface area (Å²) in [7, 11) is 1.31. The molecule has 1 aromatic heterocycles. The van der Waals surface area contributed by atoms with Gasteiger partial charge in [-0.3, -0.25) is 0 Å². The summed E-state index contributed by atoms with van der Waals surface area (Å²) >= 11 is 9.25. The third-order valence-corrected chi connectivity index (χ3v) is 2.92. The summed E-state index contributed by atoms with van der Waals surface area (Å²) < 4.78 is 5.54. The standard InChI is InChI=1S/C11H7BrClNO2/c1-16-11(15)8-5-6-4-7(12)2-3-9(6)14-10(8)13/h2-5H,1H3. The first-order chi connectivity index (χ1) is 7.61. The van der Waals surface area contributed by atoms with Gasteiger partial charge in [0.15, 0.2) is 0 Å². The lowest BCUT2D eigenvalue weighted by Gasteiger charge is -2.04. The van der Waals surface area contributed by atoms with Crippen molar-refractivity contribution in [1.29, 1.82) is 0 Å². The molecule has 82 valence electrons. The second-order valence-corrected chi connectivity index (χ2v) is 4.43. The molecule has 0 unspecified atom stereocenters. The molecule has 0 fully saturated rings. The molecule has 0 saturated heterocycles. The predicted molar refractivity (Wildman–Crippen MR) is 65.8 cm³/mol. The zero-order chi connectivity index (χ0) is 11.7. The summed E-state index contributed by atoms with van der Waals surface area (Å²) in [6.07, 6.45) is 0. The minimum absolute atomic E-state index is 0.154. The molecule has 2 rings (SSSR count). The molecule has 0 aliphatic heterocycles. The first-order valence-corrected chi connectivity index (χ1v) is 5.63. The van der Waals surface area contributed by atoms with Crippen LogP contribution in [0.1, 0.15) is 10.4 Å². The Hall–Kier alpha value is -1.13. The van der Waals surface area contributed by atoms with E-state index in [0.29, 0.717) is 0 Å². The van der Waals surface area contributed by atoms with Crippen LogP contribution in [0.4, 0.5) is 0 Å². The van der Waals surface area contributed by atoms with Gasteiger partial charge in [-0.1, -0.05) is 27.5 Å². The summed E-state index contributed by atoms with van der Waals surface area (Å²) in [5.41, 5.74) is 1.01. The van der Waals surface area contributed by atoms with Gasteiger partial charge >= 0.3 is 5.97 Å². The van der Waals surface area contributed by atoms with Crippen molar-refractivity contribution in [2.45, 2.75) is 0 Å². The number of carbonyl (C=O) groups is 1. The first-order valence-electron chi connectivity index (χ1n) is 4.46. The lowest BCUT2D eigenvalue weighted by Crippen LogP contribution is -2.03. The van der Waals surface area contributed by atoms with Gasteiger partial charge in [-0.05, 0) is 24.3 Å². The summed E-state index contributed by atoms with van der Waals surface area (Å²) in [5, 5.41) is 0.987. The normalized spacial score (nSPS) is 10.4. The molecule has 1 aromatic carbocycles. The Morgan fingerprint density at radius 1 is 1.44 bits per heavy atom. The average molecular weight is 301 g/mol. The van der Waals surface area contributed by atoms with Crippen molar-refractivity contribution in [3.8, 4) is 0 Å². The smallest absolute Gasteiger partial charge is 0.341 e. The van der Waals surface area contributed by atoms with Gasteiger partial charge in [0, 0.05) is 9.86 Å². The number of hydrogen-bond acceptors (Lipinski definition) is 3. The van der Waals surface area contributed by atoms with Crippen molar-refractivity contribution in [1.82, 2.24) is 4.98 Å². The van der Waals surface area contributed by atoms with E-state index in [1.807, 2.05) is 18.2 Å². The summed E-state index contributed by atoms with van der Waals surface area (Å²) in [4.78, 5) is 15.5. The zero-order valence-electron chi connectivity index (χ0n) is 8.33. The molecule has 0 amide bonds. The SMILES string of the molecule is COC(=O)c1cc2cc(Br)ccc2nc1Cl. The molecule has 0 aliphatic rings. The van der Waals surface area contributed by atoms with Crippen molar-refractivity contribution in [2.24, 2.45) is 0 Å². The second-order valence-electron chi connectivity index (χ2n) is 3.16. The molecule has 3 nitrogen and oxygen atoms in total. The van der Waals surface area contributed by atoms with Crippen molar-refractivity contribution >= 4 is 44.4 Å². The second kappa shape index (κ2) is 4.39. The van der Waals surface area contributed by atoms with E-state index in [2.05, 4.69) is 25.7 Å². The number of rotatable bonds is 1. The van der Waals surface area contributed by atoms with Gasteiger partial charge < -0.3 is 4.74 Å². The number of ether oxygens (including phenoxy) is 1. The number of nitrogens with zero attached hydrogens (tertiary/aromatic N) is 1. The van der Waals surface area contributed by atoms with Gasteiger partial charge in [0.1, 0.15) is 5.15 Å². The molecule has 0 bridgehead atoms. The molecular formula is C11H7BrClNO2. The molecule has 0 saturated carbocycles. The summed E-state index contributed by atoms with van der Waals surface area (Å²) in [5.74, 6) is -0.487. The topological polar surface area (TPSA) is 39.2 Å². The number of methoxy groups -OCH3 is 1. The minimum Gasteiger partial charge on any atom is -0.465 e. The molecule has 0 atom stereocenters. The van der Waals surface area contributed by atoms with Crippen LogP contribution in [0.2, 0.25) is 5.15 Å². The Kier molecular flexibility index (Phi) is 3.12. The molecule has 1 heterocycles. The Labute approximate surface area is 106 Å². The van der Waals surface area contributed by atoms with Crippen LogP contribution >= 0.6 is 27.5 Å². The molecular weight excluding hydrogens is 293 g/mol. The summed E-state index contributed by atoms with van der Waals surface area (Å²) in [6.45, 7) is 0. The summed E-state index contributed by atoms with van der Waals surface area (Å²) in [6, 6.07) is 7.22. The fourth-order valence-corrected chi connectivity index (χ4v) is 1.98. The third kappa shape index (κ3) is 2.03. The fourth-order valence-electron chi connectivity index (χ4n) is 1.38. The molecule has 0 spiro atoms. The largest absolute Gasteiger partial charge is 0.465 e. The highest BCUT2D eigenvalue weighted by Gasteiger charge is 2.13. The lowest BCUT2D eigenvalue weighted by atomic mass is 10.1. The van der Waals surface area contributed by atoms with Crippen LogP contribution in [-0.2, 0) is 4.74 Å². The Morgan fingerprint density at radius 3 is 2.88 bits per heavy atom. The lowest BCUT2D eigenvalue weighted by molar-refractivity contribution is 0.0600. The molecule has 16 heavy (non-hydrogen) atoms. The maximum atomic E-state index is 11.4. The van der Waals surface area contributed by atoms with Gasteiger partial charge in [-0.2, -0.15) is 0 Å². The quantitative estimate of drug-likeness (QED) is 0.598. The van der Waals surface area contributed by atoms with Gasteiger partial charge in [0.05, 0.1) is 18.2 Å². The number of benzene rings is 1. The van der Waals surface area contributed by atoms with Crippen LogP contribution in [0.25, 0.3) is 10.9 Å². The van der Waals surface area contributed by atoms with E-state index < -0.39 is 5.97 Å². The van der Waals surface area contributed by atoms with Crippen molar-refractivity contribution < 1.29 is 9.53 Å². The van der Waals surface area contributed by atoms with Crippen molar-refractivity contribution in [3.05, 3.63) is 39.5 Å². The van der Waals surface area contributed by atoms with E-state index in [0.717, 1.165) is 15.4 Å². The number of pyridine rings is 1. The number of hydrogen-bond donors (Lipinski definition) is 0. The van der Waals surface area contributed by atoms with Gasteiger partial charge in [-0.15, -0.1) is 0 Å². The molecule has 2 aromatic rings. The van der Waals surface area contributed by atoms with Crippen LogP contribution in [0.5, 0.6) is 0 Å². The Morgan fingerprint density at radius 2 is 2.19 bits per heavy atom. The van der Waals surface area contributed by atoms with Crippen LogP contribution in [-0.4, -0.2) is 18.1 Å². The minimum atomic E-state index is -0.487. The maximum absolute atomic E-state index is 11.4. The molecule has 5 heteroatoms. The molecule has 0 aliphatic carbocycles. The monoisotopic (exact) mass is 299 g/mol. The predicted octanol–water partition coefficient (Wildman–Crippen LogP) is 3.44. The average Bonchev–Trinajstić information content (AvgIpc) is 2.28. The Bertz CT molecular complexity index is 571. The number of carbonyl (C=O) groups excluding carboxylic acids is 1. The highest BCUT2D eigenvalue weighted by atomic mass is 79.9. The van der Waals surface area contributed by atoms with Crippen LogP contribution in [0, 0.1) is 0 Å². The van der Waals surface area contributed by atoms with Gasteiger partial charge in [-0.25, -0.2) is 9.78 Å². The van der Waals surface area contributed by atoms with Gasteiger partial charge in [0.2, 0.25) is 0 Å². The van der Waals surface area contributed by atoms with Crippen molar-refractivity contribution in [2.75, 3.05) is 7.11 Å². The zero-order valence-corrected chi connectivity index (χ0v) is 10.7. The van der Waals surface area contributed by atoms with Crippen LogP contribution in [0.15, 0.2) is 28.7 Å². The van der Waals surface area contributed by atoms with E-state index in [1.165, 1.54) is 7.11 Å². The van der Waals surface area contributed by atoms with Crippen LogP contribution < -0.4 is 0 Å². The number of fused-ring (bicyclic) bond motifs is 1. The fraction of sp³-hybridized carbons (Fsp3) is 0.0909.